The van der Waals surface area contributed by atoms with E-state index in [-0.39, 0.29) is 10.8 Å². The third-order valence-corrected chi connectivity index (χ3v) is 6.37. The summed E-state index contributed by atoms with van der Waals surface area (Å²) in [5.41, 5.74) is 0.184. The number of aryl methyl sites for hydroxylation is 1. The van der Waals surface area contributed by atoms with Crippen LogP contribution in [0.3, 0.4) is 0 Å². The van der Waals surface area contributed by atoms with Gasteiger partial charge in [0.25, 0.3) is 5.91 Å². The van der Waals surface area contributed by atoms with Crippen molar-refractivity contribution in [1.29, 1.82) is 0 Å². The van der Waals surface area contributed by atoms with Gasteiger partial charge < -0.3 is 0 Å². The van der Waals surface area contributed by atoms with E-state index >= 15 is 0 Å². The third-order valence-electron chi connectivity index (χ3n) is 4.22. The Labute approximate surface area is 138 Å². The Bertz CT molecular complexity index is 691. The molecular formula is C16H27N3O3S. The smallest absolute Gasteiger partial charge is 0.252 e. The number of rotatable bonds is 2. The fourth-order valence-corrected chi connectivity index (χ4v) is 4.80. The SMILES string of the molecule is Cc1nn(C(=O)C(C)(C)C)c(C)c1S(=O)(=O)N1CCCCCC1. The Morgan fingerprint density at radius 1 is 1.04 bits per heavy atom. The predicted molar refractivity (Wildman–Crippen MR) is 89.0 cm³/mol. The average molecular weight is 341 g/mol. The summed E-state index contributed by atoms with van der Waals surface area (Å²) in [6.07, 6.45) is 3.89. The maximum absolute atomic E-state index is 13.0. The maximum atomic E-state index is 13.0. The van der Waals surface area contributed by atoms with Crippen LogP contribution in [0.15, 0.2) is 4.90 Å². The van der Waals surface area contributed by atoms with Crippen molar-refractivity contribution in [3.8, 4) is 0 Å². The number of carbonyl (C=O) groups is 1. The lowest BCUT2D eigenvalue weighted by molar-refractivity contribution is 0.0745. The van der Waals surface area contributed by atoms with Gasteiger partial charge in [-0.05, 0) is 26.7 Å². The van der Waals surface area contributed by atoms with Crippen LogP contribution in [-0.2, 0) is 10.0 Å². The largest absolute Gasteiger partial charge is 0.272 e. The molecule has 1 aliphatic rings. The normalized spacial score (nSPS) is 18.0. The molecule has 23 heavy (non-hydrogen) atoms. The van der Waals surface area contributed by atoms with Gasteiger partial charge in [0.1, 0.15) is 4.90 Å². The van der Waals surface area contributed by atoms with Gasteiger partial charge in [-0.2, -0.15) is 9.40 Å². The number of hydrogen-bond donors (Lipinski definition) is 0. The molecule has 0 radical (unpaired) electrons. The summed E-state index contributed by atoms with van der Waals surface area (Å²) in [7, 11) is -3.61. The molecule has 1 saturated heterocycles. The summed E-state index contributed by atoms with van der Waals surface area (Å²) in [4.78, 5) is 12.7. The van der Waals surface area contributed by atoms with Crippen LogP contribution in [0.1, 0.15) is 62.6 Å². The highest BCUT2D eigenvalue weighted by atomic mass is 32.2. The first kappa shape index (κ1) is 18.1. The van der Waals surface area contributed by atoms with Gasteiger partial charge in [-0.1, -0.05) is 33.6 Å². The van der Waals surface area contributed by atoms with Gasteiger partial charge in [-0.15, -0.1) is 0 Å². The topological polar surface area (TPSA) is 72.3 Å². The monoisotopic (exact) mass is 341 g/mol. The van der Waals surface area contributed by atoms with Gasteiger partial charge in [0, 0.05) is 18.5 Å². The molecule has 2 rings (SSSR count). The second-order valence-electron chi connectivity index (χ2n) is 7.29. The van der Waals surface area contributed by atoms with E-state index in [1.807, 2.05) is 0 Å². The van der Waals surface area contributed by atoms with Crippen molar-refractivity contribution >= 4 is 15.9 Å². The first-order valence-electron chi connectivity index (χ1n) is 8.18. The van der Waals surface area contributed by atoms with Crippen molar-refractivity contribution in [3.05, 3.63) is 11.4 Å². The van der Waals surface area contributed by atoms with E-state index in [9.17, 15) is 13.2 Å². The summed E-state index contributed by atoms with van der Waals surface area (Å²) in [6.45, 7) is 9.80. The quantitative estimate of drug-likeness (QED) is 0.829. The van der Waals surface area contributed by atoms with Crippen LogP contribution < -0.4 is 0 Å². The minimum Gasteiger partial charge on any atom is -0.272 e. The van der Waals surface area contributed by atoms with Gasteiger partial charge >= 0.3 is 0 Å². The molecule has 0 unspecified atom stereocenters. The molecule has 6 nitrogen and oxygen atoms in total. The van der Waals surface area contributed by atoms with E-state index in [1.165, 1.54) is 4.68 Å². The predicted octanol–water partition coefficient (Wildman–Crippen LogP) is 2.75. The highest BCUT2D eigenvalue weighted by molar-refractivity contribution is 7.89. The third kappa shape index (κ3) is 3.50. The lowest BCUT2D eigenvalue weighted by atomic mass is 9.96. The average Bonchev–Trinajstić information content (AvgIpc) is 2.65. The first-order valence-corrected chi connectivity index (χ1v) is 9.62. The van der Waals surface area contributed by atoms with Crippen LogP contribution in [0.25, 0.3) is 0 Å². The Hall–Kier alpha value is -1.21. The van der Waals surface area contributed by atoms with E-state index in [0.29, 0.717) is 24.5 Å². The van der Waals surface area contributed by atoms with Gasteiger partial charge in [0.2, 0.25) is 10.0 Å². The molecule has 1 fully saturated rings. The highest BCUT2D eigenvalue weighted by Gasteiger charge is 2.34. The van der Waals surface area contributed by atoms with E-state index in [4.69, 9.17) is 0 Å². The molecule has 0 aromatic carbocycles. The minimum absolute atomic E-state index is 0.192. The van der Waals surface area contributed by atoms with Crippen molar-refractivity contribution in [2.45, 2.75) is 65.2 Å². The number of carbonyl (C=O) groups excluding carboxylic acids is 1. The second kappa shape index (κ2) is 6.36. The van der Waals surface area contributed by atoms with Gasteiger partial charge in [0.15, 0.2) is 0 Å². The Morgan fingerprint density at radius 2 is 1.57 bits per heavy atom. The molecule has 2 heterocycles. The molecule has 0 bridgehead atoms. The van der Waals surface area contributed by atoms with Crippen LogP contribution in [0.4, 0.5) is 0 Å². The lowest BCUT2D eigenvalue weighted by Crippen LogP contribution is -2.33. The van der Waals surface area contributed by atoms with Crippen molar-refractivity contribution in [2.75, 3.05) is 13.1 Å². The molecule has 1 aromatic rings. The van der Waals surface area contributed by atoms with Gasteiger partial charge in [-0.25, -0.2) is 13.1 Å². The zero-order valence-corrected chi connectivity index (χ0v) is 15.5. The highest BCUT2D eigenvalue weighted by Crippen LogP contribution is 2.27. The number of nitrogens with zero attached hydrogens (tertiary/aromatic N) is 3. The zero-order valence-electron chi connectivity index (χ0n) is 14.7. The van der Waals surface area contributed by atoms with E-state index in [0.717, 1.165) is 25.7 Å². The zero-order chi connectivity index (χ0) is 17.4. The molecule has 0 saturated carbocycles. The Kier molecular flexibility index (Phi) is 5.01. The Morgan fingerprint density at radius 3 is 2.04 bits per heavy atom. The number of aromatic nitrogens is 2. The number of hydrogen-bond acceptors (Lipinski definition) is 4. The fraction of sp³-hybridized carbons (Fsp3) is 0.750. The molecule has 0 spiro atoms. The van der Waals surface area contributed by atoms with E-state index in [1.54, 1.807) is 38.9 Å². The fourth-order valence-electron chi connectivity index (χ4n) is 2.93. The molecular weight excluding hydrogens is 314 g/mol. The molecule has 130 valence electrons. The van der Waals surface area contributed by atoms with Crippen LogP contribution in [0.2, 0.25) is 0 Å². The summed E-state index contributed by atoms with van der Waals surface area (Å²) in [5, 5.41) is 4.22. The summed E-state index contributed by atoms with van der Waals surface area (Å²) >= 11 is 0. The van der Waals surface area contributed by atoms with E-state index in [2.05, 4.69) is 5.10 Å². The summed E-state index contributed by atoms with van der Waals surface area (Å²) < 4.78 is 28.9. The standard InChI is InChI=1S/C16H27N3O3S/c1-12-14(13(2)19(17-12)15(20)16(3,4)5)23(21,22)18-10-8-6-7-9-11-18/h6-11H2,1-5H3. The molecule has 0 atom stereocenters. The first-order chi connectivity index (χ1) is 10.6. The molecule has 7 heteroatoms. The van der Waals surface area contributed by atoms with Crippen LogP contribution in [-0.4, -0.2) is 41.5 Å². The second-order valence-corrected chi connectivity index (χ2v) is 9.16. The van der Waals surface area contributed by atoms with Crippen molar-refractivity contribution in [2.24, 2.45) is 5.41 Å². The summed E-state index contributed by atoms with van der Waals surface area (Å²) in [6, 6.07) is 0. The molecule has 0 amide bonds. The van der Waals surface area contributed by atoms with E-state index < -0.39 is 15.4 Å². The summed E-state index contributed by atoms with van der Waals surface area (Å²) in [5.74, 6) is -0.199. The lowest BCUT2D eigenvalue weighted by Gasteiger charge is -2.20. The van der Waals surface area contributed by atoms with Gasteiger partial charge in [0.05, 0.1) is 11.4 Å². The maximum Gasteiger partial charge on any atom is 0.252 e. The number of sulfonamides is 1. The van der Waals surface area contributed by atoms with Crippen LogP contribution in [0.5, 0.6) is 0 Å². The van der Waals surface area contributed by atoms with Crippen molar-refractivity contribution in [3.63, 3.8) is 0 Å². The molecule has 1 aromatic heterocycles. The van der Waals surface area contributed by atoms with Crippen molar-refractivity contribution in [1.82, 2.24) is 14.1 Å². The molecule has 0 aliphatic carbocycles. The van der Waals surface area contributed by atoms with Crippen LogP contribution >= 0.6 is 0 Å². The minimum atomic E-state index is -3.61. The Balaban J connectivity index is 2.47. The molecule has 1 aliphatic heterocycles. The van der Waals surface area contributed by atoms with Crippen LogP contribution in [0, 0.1) is 19.3 Å². The van der Waals surface area contributed by atoms with Crippen molar-refractivity contribution < 1.29 is 13.2 Å². The van der Waals surface area contributed by atoms with Gasteiger partial charge in [-0.3, -0.25) is 4.79 Å². The molecule has 0 N–H and O–H groups in total.